The summed E-state index contributed by atoms with van der Waals surface area (Å²) in [7, 11) is 0. The average Bonchev–Trinajstić information content (AvgIpc) is 3.52. The van der Waals surface area contributed by atoms with Gasteiger partial charge in [0.05, 0.1) is 23.0 Å². The number of aliphatic hydroxyl groups excluding tert-OH is 1. The molecular formula is C23H20ClN5O2S. The summed E-state index contributed by atoms with van der Waals surface area (Å²) in [5, 5.41) is 18.8. The molecule has 0 spiro atoms. The molecule has 0 aliphatic heterocycles. The van der Waals surface area contributed by atoms with Gasteiger partial charge in [0.25, 0.3) is 0 Å². The largest absolute Gasteiger partial charge is 0.452 e. The molecule has 9 heteroatoms. The molecule has 0 amide bonds. The van der Waals surface area contributed by atoms with Crippen LogP contribution in [0.2, 0.25) is 5.15 Å². The van der Waals surface area contributed by atoms with E-state index in [0.29, 0.717) is 28.4 Å². The SMILES string of the molecule is Nc1ncc(-c2cnn(C3CCC(O)CC3)c2)c2cc(-c3csc4cnc(Cl)cc34)oc12. The van der Waals surface area contributed by atoms with Gasteiger partial charge in [-0.05, 0) is 37.8 Å². The van der Waals surface area contributed by atoms with Gasteiger partial charge in [-0.2, -0.15) is 5.10 Å². The Balaban J connectivity index is 1.43. The lowest BCUT2D eigenvalue weighted by atomic mass is 9.93. The van der Waals surface area contributed by atoms with Gasteiger partial charge in [0.1, 0.15) is 10.9 Å². The number of fused-ring (bicyclic) bond motifs is 2. The van der Waals surface area contributed by atoms with Crippen molar-refractivity contribution in [3.05, 3.63) is 47.5 Å². The number of aliphatic hydroxyl groups is 1. The first kappa shape index (κ1) is 19.7. The first-order valence-electron chi connectivity index (χ1n) is 10.5. The number of rotatable bonds is 3. The smallest absolute Gasteiger partial charge is 0.177 e. The molecule has 1 aliphatic rings. The first-order chi connectivity index (χ1) is 15.6. The van der Waals surface area contributed by atoms with Gasteiger partial charge in [-0.3, -0.25) is 4.68 Å². The summed E-state index contributed by atoms with van der Waals surface area (Å²) in [5.41, 5.74) is 9.56. The van der Waals surface area contributed by atoms with Crippen LogP contribution in [0.15, 0.2) is 46.7 Å². The highest BCUT2D eigenvalue weighted by Gasteiger charge is 2.23. The molecule has 0 radical (unpaired) electrons. The molecule has 0 bridgehead atoms. The maximum atomic E-state index is 9.79. The zero-order chi connectivity index (χ0) is 21.8. The second kappa shape index (κ2) is 7.58. The lowest BCUT2D eigenvalue weighted by molar-refractivity contribution is 0.108. The van der Waals surface area contributed by atoms with Gasteiger partial charge in [0.2, 0.25) is 0 Å². The molecular weight excluding hydrogens is 446 g/mol. The van der Waals surface area contributed by atoms with Crippen molar-refractivity contribution in [1.29, 1.82) is 0 Å². The van der Waals surface area contributed by atoms with Crippen LogP contribution < -0.4 is 5.73 Å². The number of aromatic nitrogens is 4. The van der Waals surface area contributed by atoms with Gasteiger partial charge >= 0.3 is 0 Å². The number of pyridine rings is 2. The van der Waals surface area contributed by atoms with Crippen LogP contribution in [0, 0.1) is 0 Å². The third kappa shape index (κ3) is 3.26. The minimum Gasteiger partial charge on any atom is -0.452 e. The molecule has 0 atom stereocenters. The summed E-state index contributed by atoms with van der Waals surface area (Å²) >= 11 is 7.72. The summed E-state index contributed by atoms with van der Waals surface area (Å²) in [6, 6.07) is 4.16. The van der Waals surface area contributed by atoms with E-state index in [4.69, 9.17) is 21.8 Å². The molecule has 6 rings (SSSR count). The fourth-order valence-corrected chi connectivity index (χ4v) is 5.56. The Kier molecular flexibility index (Phi) is 4.67. The van der Waals surface area contributed by atoms with Gasteiger partial charge < -0.3 is 15.3 Å². The van der Waals surface area contributed by atoms with Crippen molar-refractivity contribution in [3.8, 4) is 22.5 Å². The highest BCUT2D eigenvalue weighted by molar-refractivity contribution is 7.17. The van der Waals surface area contributed by atoms with Gasteiger partial charge in [-0.15, -0.1) is 11.3 Å². The molecule has 32 heavy (non-hydrogen) atoms. The van der Waals surface area contributed by atoms with Crippen LogP contribution in [-0.2, 0) is 0 Å². The average molecular weight is 466 g/mol. The fourth-order valence-electron chi connectivity index (χ4n) is 4.50. The van der Waals surface area contributed by atoms with E-state index in [1.54, 1.807) is 23.7 Å². The third-order valence-corrected chi connectivity index (χ3v) is 7.37. The molecule has 7 nitrogen and oxygen atoms in total. The number of nitrogen functional groups attached to an aromatic ring is 1. The van der Waals surface area contributed by atoms with E-state index in [0.717, 1.165) is 57.8 Å². The van der Waals surface area contributed by atoms with Gasteiger partial charge in [0, 0.05) is 51.4 Å². The second-order valence-corrected chi connectivity index (χ2v) is 9.53. The van der Waals surface area contributed by atoms with Crippen LogP contribution in [0.5, 0.6) is 0 Å². The van der Waals surface area contributed by atoms with Crippen LogP contribution in [0.3, 0.4) is 0 Å². The lowest BCUT2D eigenvalue weighted by Crippen LogP contribution is -2.21. The Bertz CT molecular complexity index is 1450. The van der Waals surface area contributed by atoms with Crippen molar-refractivity contribution in [2.24, 2.45) is 0 Å². The number of furan rings is 1. The summed E-state index contributed by atoms with van der Waals surface area (Å²) in [6.07, 6.45) is 10.7. The Morgan fingerprint density at radius 3 is 2.75 bits per heavy atom. The minimum absolute atomic E-state index is 0.189. The van der Waals surface area contributed by atoms with Gasteiger partial charge in [0.15, 0.2) is 11.4 Å². The van der Waals surface area contributed by atoms with E-state index < -0.39 is 0 Å². The van der Waals surface area contributed by atoms with Crippen molar-refractivity contribution < 1.29 is 9.52 Å². The molecule has 1 saturated carbocycles. The van der Waals surface area contributed by atoms with Crippen molar-refractivity contribution in [3.63, 3.8) is 0 Å². The van der Waals surface area contributed by atoms with Crippen LogP contribution in [0.25, 0.3) is 43.5 Å². The quantitative estimate of drug-likeness (QED) is 0.332. The minimum atomic E-state index is -0.189. The summed E-state index contributed by atoms with van der Waals surface area (Å²) in [6.45, 7) is 0. The van der Waals surface area contributed by atoms with Crippen LogP contribution in [0.1, 0.15) is 31.7 Å². The number of thiophene rings is 1. The number of hydrogen-bond donors (Lipinski definition) is 2. The Morgan fingerprint density at radius 1 is 1.06 bits per heavy atom. The standard InChI is InChI=1S/C23H20ClN5O2S/c24-21-6-15-18(11-32-20(15)9-26-21)19-5-16-17(8-27-23(25)22(16)31-19)12-7-28-29(10-12)13-1-3-14(30)4-2-13/h5-11,13-14,30H,1-4H2,(H2,25,27). The summed E-state index contributed by atoms with van der Waals surface area (Å²) in [4.78, 5) is 8.53. The maximum Gasteiger partial charge on any atom is 0.177 e. The van der Waals surface area contributed by atoms with Crippen molar-refractivity contribution in [1.82, 2.24) is 19.7 Å². The van der Waals surface area contributed by atoms with E-state index in [1.807, 2.05) is 34.6 Å². The van der Waals surface area contributed by atoms with Crippen molar-refractivity contribution >= 4 is 49.8 Å². The van der Waals surface area contributed by atoms with Gasteiger partial charge in [-0.25, -0.2) is 9.97 Å². The number of anilines is 1. The number of halogens is 1. The van der Waals surface area contributed by atoms with E-state index in [2.05, 4.69) is 15.1 Å². The van der Waals surface area contributed by atoms with Crippen LogP contribution >= 0.6 is 22.9 Å². The molecule has 1 aliphatic carbocycles. The molecule has 0 saturated heterocycles. The molecule has 0 unspecified atom stereocenters. The molecule has 0 aromatic carbocycles. The predicted molar refractivity (Wildman–Crippen MR) is 127 cm³/mol. The zero-order valence-corrected chi connectivity index (χ0v) is 18.6. The highest BCUT2D eigenvalue weighted by Crippen LogP contribution is 2.41. The van der Waals surface area contributed by atoms with Gasteiger partial charge in [-0.1, -0.05) is 11.6 Å². The van der Waals surface area contributed by atoms with Crippen LogP contribution in [0.4, 0.5) is 5.82 Å². The maximum absolute atomic E-state index is 9.79. The second-order valence-electron chi connectivity index (χ2n) is 8.23. The number of nitrogens with zero attached hydrogens (tertiary/aromatic N) is 4. The highest BCUT2D eigenvalue weighted by atomic mass is 35.5. The Labute approximate surface area is 192 Å². The molecule has 162 valence electrons. The van der Waals surface area contributed by atoms with E-state index in [-0.39, 0.29) is 6.10 Å². The normalized spacial score (nSPS) is 19.2. The van der Waals surface area contributed by atoms with E-state index in [1.165, 1.54) is 0 Å². The predicted octanol–water partition coefficient (Wildman–Crippen LogP) is 5.68. The Hall–Kier alpha value is -2.94. The fraction of sp³-hybridized carbons (Fsp3) is 0.261. The topological polar surface area (TPSA) is 103 Å². The molecule has 5 aromatic rings. The third-order valence-electron chi connectivity index (χ3n) is 6.23. The molecule has 5 aromatic heterocycles. The molecule has 3 N–H and O–H groups in total. The van der Waals surface area contributed by atoms with E-state index in [9.17, 15) is 5.11 Å². The van der Waals surface area contributed by atoms with Crippen LogP contribution in [-0.4, -0.2) is 31.0 Å². The molecule has 5 heterocycles. The number of hydrogen-bond acceptors (Lipinski definition) is 7. The van der Waals surface area contributed by atoms with Crippen molar-refractivity contribution in [2.45, 2.75) is 37.8 Å². The van der Waals surface area contributed by atoms with E-state index >= 15 is 0 Å². The lowest BCUT2D eigenvalue weighted by Gasteiger charge is -2.25. The summed E-state index contributed by atoms with van der Waals surface area (Å²) in [5.74, 6) is 1.06. The first-order valence-corrected chi connectivity index (χ1v) is 11.8. The number of nitrogens with two attached hydrogens (primary N) is 1. The van der Waals surface area contributed by atoms with Crippen molar-refractivity contribution in [2.75, 3.05) is 5.73 Å². The Morgan fingerprint density at radius 2 is 1.91 bits per heavy atom. The summed E-state index contributed by atoms with van der Waals surface area (Å²) < 4.78 is 9.23. The zero-order valence-electron chi connectivity index (χ0n) is 17.0. The monoisotopic (exact) mass is 465 g/mol. The molecule has 1 fully saturated rings.